The second kappa shape index (κ2) is 6.39. The average Bonchev–Trinajstić information content (AvgIpc) is 3.31. The van der Waals surface area contributed by atoms with Gasteiger partial charge in [-0.05, 0) is 44.5 Å². The molecule has 1 fully saturated rings. The van der Waals surface area contributed by atoms with Crippen LogP contribution in [0.3, 0.4) is 0 Å². The smallest absolute Gasteiger partial charge is 0.176 e. The van der Waals surface area contributed by atoms with Gasteiger partial charge in [0.15, 0.2) is 17.1 Å². The van der Waals surface area contributed by atoms with E-state index >= 15 is 0 Å². The van der Waals surface area contributed by atoms with Gasteiger partial charge < -0.3 is 19.5 Å². The number of rotatable bonds is 3. The lowest BCUT2D eigenvalue weighted by atomic mass is 9.92. The number of nitrogens with one attached hydrogen (secondary N) is 2. The number of hydrogen-bond acceptors (Lipinski definition) is 5. The maximum Gasteiger partial charge on any atom is 0.176 e. The van der Waals surface area contributed by atoms with Gasteiger partial charge in [-0.1, -0.05) is 12.1 Å². The van der Waals surface area contributed by atoms with E-state index in [1.54, 1.807) is 7.11 Å². The Bertz CT molecular complexity index is 1110. The molecule has 2 N–H and O–H groups in total. The number of para-hydroxylation sites is 1. The van der Waals surface area contributed by atoms with Crippen LogP contribution < -0.4 is 10.1 Å². The standard InChI is InChI=1S/C21H22N4O2/c1-12-8-14(6-7-22-12)21-23-11-17-15(25-21)10-16(24-17)19-9-13-4-3-5-18(26-2)20(13)27-19/h3-5,9-12,14,22,24H,6-8H2,1-2H3. The summed E-state index contributed by atoms with van der Waals surface area (Å²) in [6.07, 6.45) is 4.04. The van der Waals surface area contributed by atoms with Crippen molar-refractivity contribution in [3.63, 3.8) is 0 Å². The zero-order chi connectivity index (χ0) is 18.4. The summed E-state index contributed by atoms with van der Waals surface area (Å²) in [4.78, 5) is 12.8. The summed E-state index contributed by atoms with van der Waals surface area (Å²) in [5.41, 5.74) is 3.49. The Balaban J connectivity index is 1.53. The highest BCUT2D eigenvalue weighted by Crippen LogP contribution is 2.34. The van der Waals surface area contributed by atoms with Crippen LogP contribution in [0.4, 0.5) is 0 Å². The van der Waals surface area contributed by atoms with Crippen molar-refractivity contribution in [1.29, 1.82) is 0 Å². The van der Waals surface area contributed by atoms with Crippen molar-refractivity contribution in [2.24, 2.45) is 0 Å². The van der Waals surface area contributed by atoms with Crippen LogP contribution in [0.2, 0.25) is 0 Å². The summed E-state index contributed by atoms with van der Waals surface area (Å²) in [5.74, 6) is 2.86. The summed E-state index contributed by atoms with van der Waals surface area (Å²) in [5, 5.41) is 4.49. The fourth-order valence-corrected chi connectivity index (χ4v) is 3.96. The Labute approximate surface area is 157 Å². The van der Waals surface area contributed by atoms with Gasteiger partial charge in [-0.25, -0.2) is 9.97 Å². The molecule has 1 aliphatic heterocycles. The molecular formula is C21H22N4O2. The van der Waals surface area contributed by atoms with Gasteiger partial charge in [-0.2, -0.15) is 0 Å². The van der Waals surface area contributed by atoms with Gasteiger partial charge in [0.1, 0.15) is 5.82 Å². The Morgan fingerprint density at radius 2 is 2.19 bits per heavy atom. The number of H-pyrrole nitrogens is 1. The molecule has 0 bridgehead atoms. The van der Waals surface area contributed by atoms with Gasteiger partial charge in [0, 0.05) is 17.3 Å². The molecule has 1 aliphatic rings. The van der Waals surface area contributed by atoms with Crippen LogP contribution in [0.1, 0.15) is 31.5 Å². The Kier molecular flexibility index (Phi) is 3.86. The Morgan fingerprint density at radius 3 is 3.04 bits per heavy atom. The number of ether oxygens (including phenoxy) is 1. The third-order valence-electron chi connectivity index (χ3n) is 5.37. The first-order chi connectivity index (χ1) is 13.2. The fourth-order valence-electron chi connectivity index (χ4n) is 3.96. The lowest BCUT2D eigenvalue weighted by Gasteiger charge is -2.26. The number of furan rings is 1. The zero-order valence-electron chi connectivity index (χ0n) is 15.5. The normalized spacial score (nSPS) is 20.4. The van der Waals surface area contributed by atoms with Crippen LogP contribution in [0, 0.1) is 0 Å². The lowest BCUT2D eigenvalue weighted by Crippen LogP contribution is -2.35. The second-order valence-corrected chi connectivity index (χ2v) is 7.28. The average molecular weight is 362 g/mol. The van der Waals surface area contributed by atoms with Crippen LogP contribution in [-0.2, 0) is 0 Å². The van der Waals surface area contributed by atoms with Crippen LogP contribution in [0.25, 0.3) is 33.5 Å². The van der Waals surface area contributed by atoms with Crippen LogP contribution in [0.5, 0.6) is 5.75 Å². The van der Waals surface area contributed by atoms with Crippen molar-refractivity contribution in [2.75, 3.05) is 13.7 Å². The molecule has 6 heteroatoms. The first kappa shape index (κ1) is 16.3. The minimum Gasteiger partial charge on any atom is -0.493 e. The first-order valence-electron chi connectivity index (χ1n) is 9.37. The van der Waals surface area contributed by atoms with Crippen molar-refractivity contribution >= 4 is 22.0 Å². The van der Waals surface area contributed by atoms with E-state index in [0.29, 0.717) is 12.0 Å². The number of hydrogen-bond donors (Lipinski definition) is 2. The SMILES string of the molecule is COc1cccc2cc(-c3cc4nc(C5CCNC(C)C5)ncc4[nH]3)oc12. The third-order valence-corrected chi connectivity index (χ3v) is 5.37. The molecule has 4 heterocycles. The Morgan fingerprint density at radius 1 is 1.26 bits per heavy atom. The molecular weight excluding hydrogens is 340 g/mol. The third kappa shape index (κ3) is 2.86. The van der Waals surface area contributed by atoms with Crippen LogP contribution in [0.15, 0.2) is 40.9 Å². The van der Waals surface area contributed by atoms with Gasteiger partial charge in [0.2, 0.25) is 0 Å². The minimum atomic E-state index is 0.416. The molecule has 0 spiro atoms. The van der Waals surface area contributed by atoms with Gasteiger partial charge in [0.25, 0.3) is 0 Å². The van der Waals surface area contributed by atoms with Crippen LogP contribution >= 0.6 is 0 Å². The van der Waals surface area contributed by atoms with Crippen molar-refractivity contribution in [3.8, 4) is 17.2 Å². The summed E-state index contributed by atoms with van der Waals surface area (Å²) in [7, 11) is 1.65. The monoisotopic (exact) mass is 362 g/mol. The largest absolute Gasteiger partial charge is 0.493 e. The molecule has 2 unspecified atom stereocenters. The summed E-state index contributed by atoms with van der Waals surface area (Å²) >= 11 is 0. The Hall–Kier alpha value is -2.86. The number of methoxy groups -OCH3 is 1. The van der Waals surface area contributed by atoms with E-state index in [4.69, 9.17) is 14.1 Å². The van der Waals surface area contributed by atoms with E-state index in [9.17, 15) is 0 Å². The number of aromatic nitrogens is 3. The second-order valence-electron chi connectivity index (χ2n) is 7.28. The molecule has 0 amide bonds. The van der Waals surface area contributed by atoms with E-state index < -0.39 is 0 Å². The predicted octanol–water partition coefficient (Wildman–Crippen LogP) is 4.24. The highest BCUT2D eigenvalue weighted by atomic mass is 16.5. The van der Waals surface area contributed by atoms with Crippen molar-refractivity contribution in [2.45, 2.75) is 31.7 Å². The van der Waals surface area contributed by atoms with E-state index in [-0.39, 0.29) is 0 Å². The molecule has 4 aromatic rings. The van der Waals surface area contributed by atoms with E-state index in [2.05, 4.69) is 22.2 Å². The van der Waals surface area contributed by atoms with Gasteiger partial charge in [-0.15, -0.1) is 0 Å². The van der Waals surface area contributed by atoms with E-state index in [0.717, 1.165) is 64.4 Å². The fraction of sp³-hybridized carbons (Fsp3) is 0.333. The summed E-state index contributed by atoms with van der Waals surface area (Å²) in [6.45, 7) is 3.24. The minimum absolute atomic E-state index is 0.416. The molecule has 0 aliphatic carbocycles. The highest BCUT2D eigenvalue weighted by molar-refractivity contribution is 5.89. The van der Waals surface area contributed by atoms with Crippen molar-refractivity contribution in [3.05, 3.63) is 42.4 Å². The van der Waals surface area contributed by atoms with E-state index in [1.165, 1.54) is 0 Å². The molecule has 1 aromatic carbocycles. The lowest BCUT2D eigenvalue weighted by molar-refractivity contribution is 0.371. The molecule has 5 rings (SSSR count). The van der Waals surface area contributed by atoms with Crippen molar-refractivity contribution < 1.29 is 9.15 Å². The number of benzene rings is 1. The molecule has 6 nitrogen and oxygen atoms in total. The number of piperidine rings is 1. The zero-order valence-corrected chi connectivity index (χ0v) is 15.5. The molecule has 138 valence electrons. The molecule has 27 heavy (non-hydrogen) atoms. The summed E-state index contributed by atoms with van der Waals surface area (Å²) < 4.78 is 11.4. The topological polar surface area (TPSA) is 76.0 Å². The molecule has 0 saturated carbocycles. The number of nitrogens with zero attached hydrogens (tertiary/aromatic N) is 2. The van der Waals surface area contributed by atoms with Crippen molar-refractivity contribution in [1.82, 2.24) is 20.3 Å². The van der Waals surface area contributed by atoms with Gasteiger partial charge in [-0.3, -0.25) is 0 Å². The maximum atomic E-state index is 6.05. The number of aromatic amines is 1. The quantitative estimate of drug-likeness (QED) is 0.570. The molecule has 0 radical (unpaired) electrons. The predicted molar refractivity (Wildman–Crippen MR) is 105 cm³/mol. The van der Waals surface area contributed by atoms with Gasteiger partial charge >= 0.3 is 0 Å². The maximum absolute atomic E-state index is 6.05. The summed E-state index contributed by atoms with van der Waals surface area (Å²) in [6, 6.07) is 10.4. The van der Waals surface area contributed by atoms with E-state index in [1.807, 2.05) is 36.5 Å². The highest BCUT2D eigenvalue weighted by Gasteiger charge is 2.22. The van der Waals surface area contributed by atoms with Gasteiger partial charge in [0.05, 0.1) is 30.0 Å². The van der Waals surface area contributed by atoms with Crippen LogP contribution in [-0.4, -0.2) is 34.6 Å². The first-order valence-corrected chi connectivity index (χ1v) is 9.37. The molecule has 1 saturated heterocycles. The molecule has 3 aromatic heterocycles. The molecule has 2 atom stereocenters. The number of fused-ring (bicyclic) bond motifs is 2.